The summed E-state index contributed by atoms with van der Waals surface area (Å²) in [5, 5.41) is 17.8. The molecule has 176 valence electrons. The summed E-state index contributed by atoms with van der Waals surface area (Å²) in [5.41, 5.74) is 2.22. The third-order valence-corrected chi connectivity index (χ3v) is 5.27. The van der Waals surface area contributed by atoms with Crippen LogP contribution in [0.15, 0.2) is 53.7 Å². The summed E-state index contributed by atoms with van der Waals surface area (Å²) in [6.07, 6.45) is 0. The maximum Gasteiger partial charge on any atom is 0.338 e. The van der Waals surface area contributed by atoms with E-state index in [1.54, 1.807) is 57.4 Å². The van der Waals surface area contributed by atoms with Crippen LogP contribution in [0.3, 0.4) is 0 Å². The molecule has 11 heteroatoms. The Labute approximate surface area is 194 Å². The third-order valence-electron chi connectivity index (χ3n) is 5.27. The van der Waals surface area contributed by atoms with Gasteiger partial charge in [0.2, 0.25) is 5.82 Å². The van der Waals surface area contributed by atoms with Crippen LogP contribution in [0.25, 0.3) is 11.4 Å². The number of tetrazole rings is 1. The topological polar surface area (TPSA) is 120 Å². The number of aromatic nitrogens is 4. The van der Waals surface area contributed by atoms with Crippen molar-refractivity contribution in [3.8, 4) is 17.1 Å². The number of carbonyl (C=O) groups is 2. The SMILES string of the molecule is CCOC(=O)C1=C(Cn2nnc(-c3ccc(F)c(C)c3)n2)NC(=O)NC1c1ccc(OC)cc1. The zero-order valence-corrected chi connectivity index (χ0v) is 18.8. The number of carbonyl (C=O) groups excluding carboxylic acids is 2. The Hall–Kier alpha value is -4.28. The molecule has 0 saturated heterocycles. The number of methoxy groups -OCH3 is 1. The van der Waals surface area contributed by atoms with Crippen molar-refractivity contribution in [1.29, 1.82) is 0 Å². The average Bonchev–Trinajstić information content (AvgIpc) is 3.29. The monoisotopic (exact) mass is 466 g/mol. The van der Waals surface area contributed by atoms with E-state index < -0.39 is 18.0 Å². The molecular formula is C23H23FN6O4. The Bertz CT molecular complexity index is 1250. The molecule has 1 unspecified atom stereocenters. The summed E-state index contributed by atoms with van der Waals surface area (Å²) >= 11 is 0. The Balaban J connectivity index is 1.70. The molecule has 1 aromatic heterocycles. The van der Waals surface area contributed by atoms with Crippen LogP contribution in [0.5, 0.6) is 5.75 Å². The highest BCUT2D eigenvalue weighted by molar-refractivity contribution is 5.95. The number of rotatable bonds is 7. The van der Waals surface area contributed by atoms with Gasteiger partial charge >= 0.3 is 12.0 Å². The highest BCUT2D eigenvalue weighted by Gasteiger charge is 2.34. The fourth-order valence-corrected chi connectivity index (χ4v) is 3.59. The van der Waals surface area contributed by atoms with Gasteiger partial charge in [-0.15, -0.1) is 10.2 Å². The van der Waals surface area contributed by atoms with Gasteiger partial charge in [-0.05, 0) is 60.5 Å². The van der Waals surface area contributed by atoms with Crippen molar-refractivity contribution >= 4 is 12.0 Å². The molecule has 2 amide bonds. The second-order valence-corrected chi connectivity index (χ2v) is 7.52. The van der Waals surface area contributed by atoms with E-state index >= 15 is 0 Å². The van der Waals surface area contributed by atoms with E-state index in [0.29, 0.717) is 22.4 Å². The number of urea groups is 1. The van der Waals surface area contributed by atoms with Gasteiger partial charge in [-0.3, -0.25) is 0 Å². The van der Waals surface area contributed by atoms with E-state index in [0.717, 1.165) is 0 Å². The molecule has 2 N–H and O–H groups in total. The predicted molar refractivity (Wildman–Crippen MR) is 119 cm³/mol. The molecule has 0 bridgehead atoms. The second-order valence-electron chi connectivity index (χ2n) is 7.52. The lowest BCUT2D eigenvalue weighted by molar-refractivity contribution is -0.139. The Morgan fingerprint density at radius 2 is 1.97 bits per heavy atom. The predicted octanol–water partition coefficient (Wildman–Crippen LogP) is 2.67. The van der Waals surface area contributed by atoms with Crippen molar-refractivity contribution in [2.75, 3.05) is 13.7 Å². The standard InChI is InChI=1S/C23H23FN6O4/c1-4-34-22(31)19-18(25-23(32)26-20(19)14-5-8-16(33-3)9-6-14)12-30-28-21(27-29-30)15-7-10-17(24)13(2)11-15/h5-11,20H,4,12H2,1-3H3,(H2,25,26,32). The highest BCUT2D eigenvalue weighted by atomic mass is 19.1. The molecule has 4 rings (SSSR count). The van der Waals surface area contributed by atoms with Gasteiger partial charge in [0.1, 0.15) is 18.1 Å². The zero-order chi connectivity index (χ0) is 24.2. The summed E-state index contributed by atoms with van der Waals surface area (Å²) < 4.78 is 24.1. The number of nitrogens with one attached hydrogen (secondary N) is 2. The van der Waals surface area contributed by atoms with E-state index in [2.05, 4.69) is 26.0 Å². The number of ether oxygens (including phenoxy) is 2. The largest absolute Gasteiger partial charge is 0.497 e. The van der Waals surface area contributed by atoms with Gasteiger partial charge in [0.25, 0.3) is 0 Å². The fourth-order valence-electron chi connectivity index (χ4n) is 3.59. The number of nitrogens with zero attached hydrogens (tertiary/aromatic N) is 4. The first-order chi connectivity index (χ1) is 16.4. The Kier molecular flexibility index (Phi) is 6.53. The zero-order valence-electron chi connectivity index (χ0n) is 18.8. The van der Waals surface area contributed by atoms with Gasteiger partial charge in [-0.25, -0.2) is 14.0 Å². The first-order valence-electron chi connectivity index (χ1n) is 10.6. The van der Waals surface area contributed by atoms with Crippen LogP contribution < -0.4 is 15.4 Å². The minimum Gasteiger partial charge on any atom is -0.497 e. The van der Waals surface area contributed by atoms with Crippen molar-refractivity contribution in [1.82, 2.24) is 30.8 Å². The quantitative estimate of drug-likeness (QED) is 0.514. The molecule has 0 radical (unpaired) electrons. The summed E-state index contributed by atoms with van der Waals surface area (Å²) in [5.74, 6) is 0.0114. The molecule has 0 aliphatic carbocycles. The number of esters is 1. The van der Waals surface area contributed by atoms with Crippen molar-refractivity contribution in [3.63, 3.8) is 0 Å². The molecule has 0 spiro atoms. The summed E-state index contributed by atoms with van der Waals surface area (Å²) in [7, 11) is 1.55. The molecule has 1 atom stereocenters. The van der Waals surface area contributed by atoms with Crippen LogP contribution in [0, 0.1) is 12.7 Å². The number of aryl methyl sites for hydroxylation is 1. The maximum absolute atomic E-state index is 13.6. The molecule has 34 heavy (non-hydrogen) atoms. The number of amides is 2. The molecular weight excluding hydrogens is 443 g/mol. The Morgan fingerprint density at radius 1 is 1.21 bits per heavy atom. The van der Waals surface area contributed by atoms with Crippen LogP contribution in [0.1, 0.15) is 24.1 Å². The number of hydrogen-bond donors (Lipinski definition) is 2. The van der Waals surface area contributed by atoms with Crippen molar-refractivity contribution in [3.05, 3.63) is 70.7 Å². The van der Waals surface area contributed by atoms with Crippen LogP contribution >= 0.6 is 0 Å². The molecule has 1 aliphatic heterocycles. The molecule has 10 nitrogen and oxygen atoms in total. The molecule has 2 aromatic carbocycles. The normalized spacial score (nSPS) is 15.5. The molecule has 0 saturated carbocycles. The van der Waals surface area contributed by atoms with Crippen LogP contribution in [-0.2, 0) is 16.1 Å². The van der Waals surface area contributed by atoms with E-state index in [4.69, 9.17) is 9.47 Å². The van der Waals surface area contributed by atoms with Gasteiger partial charge < -0.3 is 20.1 Å². The highest BCUT2D eigenvalue weighted by Crippen LogP contribution is 2.29. The fraction of sp³-hybridized carbons (Fsp3) is 0.261. The maximum atomic E-state index is 13.6. The minimum atomic E-state index is -0.753. The van der Waals surface area contributed by atoms with Gasteiger partial charge in [-0.1, -0.05) is 12.1 Å². The van der Waals surface area contributed by atoms with E-state index in [1.165, 1.54) is 10.9 Å². The summed E-state index contributed by atoms with van der Waals surface area (Å²) in [4.78, 5) is 26.6. The molecule has 1 aliphatic rings. The van der Waals surface area contributed by atoms with Crippen molar-refractivity contribution < 1.29 is 23.5 Å². The lowest BCUT2D eigenvalue weighted by Gasteiger charge is -2.29. The second kappa shape index (κ2) is 9.69. The summed E-state index contributed by atoms with van der Waals surface area (Å²) in [6, 6.07) is 10.3. The Morgan fingerprint density at radius 3 is 2.65 bits per heavy atom. The van der Waals surface area contributed by atoms with Gasteiger partial charge in [0.15, 0.2) is 0 Å². The van der Waals surface area contributed by atoms with Crippen LogP contribution in [-0.4, -0.2) is 45.9 Å². The van der Waals surface area contributed by atoms with Gasteiger partial charge in [0.05, 0.1) is 31.0 Å². The van der Waals surface area contributed by atoms with Gasteiger partial charge in [-0.2, -0.15) is 4.80 Å². The van der Waals surface area contributed by atoms with Gasteiger partial charge in [0, 0.05) is 5.56 Å². The molecule has 0 fully saturated rings. The smallest absolute Gasteiger partial charge is 0.338 e. The number of halogens is 1. The number of allylic oxidation sites excluding steroid dienone is 1. The third kappa shape index (κ3) is 4.72. The summed E-state index contributed by atoms with van der Waals surface area (Å²) in [6.45, 7) is 3.46. The van der Waals surface area contributed by atoms with Crippen molar-refractivity contribution in [2.45, 2.75) is 26.4 Å². The van der Waals surface area contributed by atoms with Crippen LogP contribution in [0.4, 0.5) is 9.18 Å². The number of hydrogen-bond acceptors (Lipinski definition) is 7. The number of benzene rings is 2. The molecule has 3 aromatic rings. The molecule has 2 heterocycles. The van der Waals surface area contributed by atoms with Crippen molar-refractivity contribution in [2.24, 2.45) is 0 Å². The average molecular weight is 466 g/mol. The lowest BCUT2D eigenvalue weighted by atomic mass is 9.95. The first-order valence-corrected chi connectivity index (χ1v) is 10.6. The van der Waals surface area contributed by atoms with E-state index in [-0.39, 0.29) is 36.1 Å². The minimum absolute atomic E-state index is 0.0403. The first kappa shape index (κ1) is 22.9. The lowest BCUT2D eigenvalue weighted by Crippen LogP contribution is -2.47. The van der Waals surface area contributed by atoms with Crippen LogP contribution in [0.2, 0.25) is 0 Å². The van der Waals surface area contributed by atoms with E-state index in [9.17, 15) is 14.0 Å². The van der Waals surface area contributed by atoms with E-state index in [1.807, 2.05) is 0 Å².